The predicted molar refractivity (Wildman–Crippen MR) is 138 cm³/mol. The smallest absolute Gasteiger partial charge is 0.252 e. The number of H-pyrrole nitrogens is 1. The summed E-state index contributed by atoms with van der Waals surface area (Å²) >= 11 is 0. The van der Waals surface area contributed by atoms with E-state index in [2.05, 4.69) is 32.3 Å². The van der Waals surface area contributed by atoms with Gasteiger partial charge in [0.1, 0.15) is 13.2 Å². The maximum absolute atomic E-state index is 13.3. The summed E-state index contributed by atoms with van der Waals surface area (Å²) in [5, 5.41) is 13.8. The normalized spacial score (nSPS) is 21.1. The first-order valence-electron chi connectivity index (χ1n) is 13.8. The van der Waals surface area contributed by atoms with Crippen LogP contribution in [0.15, 0.2) is 23.0 Å². The first-order chi connectivity index (χ1) is 18.2. The van der Waals surface area contributed by atoms with Gasteiger partial charge in [-0.05, 0) is 54.7 Å². The number of aromatic nitrogens is 5. The van der Waals surface area contributed by atoms with Crippen molar-refractivity contribution in [2.24, 2.45) is 0 Å². The Morgan fingerprint density at radius 2 is 1.86 bits per heavy atom. The second kappa shape index (κ2) is 10.8. The van der Waals surface area contributed by atoms with Crippen molar-refractivity contribution in [1.82, 2.24) is 30.1 Å². The zero-order valence-corrected chi connectivity index (χ0v) is 21.5. The third kappa shape index (κ3) is 5.09. The largest absolute Gasteiger partial charge is 0.486 e. The maximum Gasteiger partial charge on any atom is 0.252 e. The van der Waals surface area contributed by atoms with Gasteiger partial charge in [-0.2, -0.15) is 0 Å². The topological polar surface area (TPSA) is 107 Å². The third-order valence-corrected chi connectivity index (χ3v) is 8.03. The van der Waals surface area contributed by atoms with Crippen LogP contribution < -0.4 is 15.0 Å². The van der Waals surface area contributed by atoms with Crippen LogP contribution in [0.1, 0.15) is 75.7 Å². The summed E-state index contributed by atoms with van der Waals surface area (Å²) < 4.78 is 19.3. The molecule has 37 heavy (non-hydrogen) atoms. The average Bonchev–Trinajstić information content (AvgIpc) is 3.61. The minimum absolute atomic E-state index is 0.00914. The van der Waals surface area contributed by atoms with E-state index in [1.807, 2.05) is 22.9 Å². The Hall–Kier alpha value is -2.98. The predicted octanol–water partition coefficient (Wildman–Crippen LogP) is 3.75. The van der Waals surface area contributed by atoms with E-state index < -0.39 is 0 Å². The second-order valence-corrected chi connectivity index (χ2v) is 10.4. The molecule has 0 spiro atoms. The summed E-state index contributed by atoms with van der Waals surface area (Å²) in [6.07, 6.45) is 9.04. The Morgan fingerprint density at radius 3 is 2.62 bits per heavy atom. The summed E-state index contributed by atoms with van der Waals surface area (Å²) in [4.78, 5) is 18.9. The first-order valence-corrected chi connectivity index (χ1v) is 13.8. The van der Waals surface area contributed by atoms with Gasteiger partial charge in [-0.25, -0.2) is 4.68 Å². The fourth-order valence-corrected chi connectivity index (χ4v) is 6.14. The molecule has 6 rings (SSSR count). The summed E-state index contributed by atoms with van der Waals surface area (Å²) in [5.74, 6) is 2.26. The number of nitrogens with zero attached hydrogens (tertiary/aromatic N) is 5. The second-order valence-electron chi connectivity index (χ2n) is 10.4. The Morgan fingerprint density at radius 1 is 1.05 bits per heavy atom. The fraction of sp³-hybridized carbons (Fsp3) is 0.630. The molecular formula is C27H36N6O4. The van der Waals surface area contributed by atoms with E-state index in [9.17, 15) is 4.79 Å². The van der Waals surface area contributed by atoms with Gasteiger partial charge in [-0.1, -0.05) is 26.2 Å². The van der Waals surface area contributed by atoms with Gasteiger partial charge in [0, 0.05) is 36.2 Å². The number of ether oxygens (including phenoxy) is 3. The minimum Gasteiger partial charge on any atom is -0.486 e. The number of pyridine rings is 1. The molecule has 198 valence electrons. The molecule has 1 aliphatic carbocycles. The summed E-state index contributed by atoms with van der Waals surface area (Å²) in [7, 11) is 0. The van der Waals surface area contributed by atoms with Crippen LogP contribution in [-0.4, -0.2) is 62.1 Å². The van der Waals surface area contributed by atoms with Crippen molar-refractivity contribution in [2.75, 3.05) is 19.8 Å². The molecule has 2 atom stereocenters. The lowest BCUT2D eigenvalue weighted by Gasteiger charge is -2.39. The minimum atomic E-state index is -0.0706. The van der Waals surface area contributed by atoms with Crippen molar-refractivity contribution in [3.05, 3.63) is 39.9 Å². The van der Waals surface area contributed by atoms with Crippen LogP contribution >= 0.6 is 0 Å². The highest BCUT2D eigenvalue weighted by atomic mass is 16.6. The molecule has 0 bridgehead atoms. The van der Waals surface area contributed by atoms with Gasteiger partial charge in [-0.15, -0.1) is 5.10 Å². The van der Waals surface area contributed by atoms with Gasteiger partial charge in [0.2, 0.25) is 0 Å². The highest BCUT2D eigenvalue weighted by Crippen LogP contribution is 2.35. The van der Waals surface area contributed by atoms with E-state index in [0.29, 0.717) is 38.1 Å². The van der Waals surface area contributed by atoms with E-state index in [1.54, 1.807) is 0 Å². The maximum atomic E-state index is 13.3. The molecule has 10 nitrogen and oxygen atoms in total. The number of aromatic amines is 1. The quantitative estimate of drug-likeness (QED) is 0.490. The molecule has 1 N–H and O–H groups in total. The third-order valence-electron chi connectivity index (χ3n) is 8.03. The number of tetrazole rings is 1. The van der Waals surface area contributed by atoms with E-state index in [0.717, 1.165) is 66.8 Å². The van der Waals surface area contributed by atoms with Crippen LogP contribution in [0, 0.1) is 0 Å². The molecule has 1 aromatic carbocycles. The number of hydrogen-bond acceptors (Lipinski definition) is 8. The van der Waals surface area contributed by atoms with Crippen molar-refractivity contribution >= 4 is 10.9 Å². The number of rotatable bonds is 8. The van der Waals surface area contributed by atoms with Gasteiger partial charge in [0.15, 0.2) is 17.3 Å². The highest BCUT2D eigenvalue weighted by molar-refractivity contribution is 5.83. The van der Waals surface area contributed by atoms with E-state index in [1.165, 1.54) is 19.3 Å². The van der Waals surface area contributed by atoms with Crippen LogP contribution in [0.4, 0.5) is 0 Å². The van der Waals surface area contributed by atoms with Crippen LogP contribution in [0.5, 0.6) is 11.5 Å². The van der Waals surface area contributed by atoms with Crippen molar-refractivity contribution in [3.8, 4) is 11.5 Å². The number of benzene rings is 1. The standard InChI is InChI=1S/C27H36N6O4/c1-2-23(26-29-30-31-33(26)17-21-9-6-10-35-21)32(20-7-4-3-5-8-20)16-19-13-18-14-24-25(37-12-11-36-24)15-22(18)28-27(19)34/h13-15,20-21,23H,2-12,16-17H2,1H3,(H,28,34). The van der Waals surface area contributed by atoms with Gasteiger partial charge in [0.25, 0.3) is 5.56 Å². The molecule has 1 saturated carbocycles. The Bertz CT molecular complexity index is 1280. The van der Waals surface area contributed by atoms with Crippen molar-refractivity contribution in [3.63, 3.8) is 0 Å². The highest BCUT2D eigenvalue weighted by Gasteiger charge is 2.33. The van der Waals surface area contributed by atoms with Crippen LogP contribution in [0.3, 0.4) is 0 Å². The zero-order valence-electron chi connectivity index (χ0n) is 21.5. The summed E-state index contributed by atoms with van der Waals surface area (Å²) in [6.45, 7) is 5.24. The molecule has 4 heterocycles. The number of nitrogens with one attached hydrogen (secondary N) is 1. The lowest BCUT2D eigenvalue weighted by molar-refractivity contribution is 0.0734. The fourth-order valence-electron chi connectivity index (χ4n) is 6.14. The van der Waals surface area contributed by atoms with Crippen molar-refractivity contribution < 1.29 is 14.2 Å². The molecule has 2 aliphatic heterocycles. The molecule has 1 saturated heterocycles. The summed E-state index contributed by atoms with van der Waals surface area (Å²) in [5.41, 5.74) is 1.43. The lowest BCUT2D eigenvalue weighted by Crippen LogP contribution is -2.41. The van der Waals surface area contributed by atoms with Gasteiger partial charge < -0.3 is 19.2 Å². The molecule has 2 aromatic heterocycles. The lowest BCUT2D eigenvalue weighted by atomic mass is 9.92. The van der Waals surface area contributed by atoms with Crippen LogP contribution in [0.25, 0.3) is 10.9 Å². The average molecular weight is 509 g/mol. The van der Waals surface area contributed by atoms with E-state index >= 15 is 0 Å². The molecule has 2 fully saturated rings. The van der Waals surface area contributed by atoms with Gasteiger partial charge in [0.05, 0.1) is 24.2 Å². The summed E-state index contributed by atoms with van der Waals surface area (Å²) in [6, 6.07) is 6.22. The molecule has 0 amide bonds. The monoisotopic (exact) mass is 508 g/mol. The van der Waals surface area contributed by atoms with E-state index in [-0.39, 0.29) is 17.7 Å². The van der Waals surface area contributed by atoms with Crippen LogP contribution in [-0.2, 0) is 17.8 Å². The Kier molecular flexibility index (Phi) is 7.10. The molecule has 2 unspecified atom stereocenters. The van der Waals surface area contributed by atoms with Crippen molar-refractivity contribution in [1.29, 1.82) is 0 Å². The first kappa shape index (κ1) is 24.4. The molecule has 3 aliphatic rings. The van der Waals surface area contributed by atoms with Crippen molar-refractivity contribution in [2.45, 2.75) is 89.6 Å². The molecule has 3 aromatic rings. The number of hydrogen-bond donors (Lipinski definition) is 1. The molecule has 10 heteroatoms. The number of fused-ring (bicyclic) bond motifs is 2. The zero-order chi connectivity index (χ0) is 25.2. The Labute approximate surface area is 216 Å². The molecular weight excluding hydrogens is 472 g/mol. The Balaban J connectivity index is 1.34. The van der Waals surface area contributed by atoms with E-state index in [4.69, 9.17) is 14.2 Å². The van der Waals surface area contributed by atoms with Gasteiger partial charge >= 0.3 is 0 Å². The van der Waals surface area contributed by atoms with Crippen LogP contribution in [0.2, 0.25) is 0 Å². The SMILES string of the molecule is CCC(c1nnnn1CC1CCCO1)N(Cc1cc2cc3c(cc2[nH]c1=O)OCCO3)C1CCCCC1. The molecule has 0 radical (unpaired) electrons. The van der Waals surface area contributed by atoms with Gasteiger partial charge in [-0.3, -0.25) is 9.69 Å².